The molecule has 0 spiro atoms. The van der Waals surface area contributed by atoms with Gasteiger partial charge in [0, 0.05) is 5.56 Å². The second-order valence-corrected chi connectivity index (χ2v) is 11.8. The van der Waals surface area contributed by atoms with Crippen molar-refractivity contribution < 1.29 is 75.4 Å². The van der Waals surface area contributed by atoms with Crippen LogP contribution in [0.1, 0.15) is 27.8 Å². The Morgan fingerprint density at radius 1 is 0.607 bits per heavy atom. The molecule has 5 rings (SSSR count). The zero-order valence-electron chi connectivity index (χ0n) is 28.4. The summed E-state index contributed by atoms with van der Waals surface area (Å²) in [5.74, 6) is -23.1. The first-order valence-corrected chi connectivity index (χ1v) is 15.5. The number of methoxy groups -OCH3 is 1. The molecule has 56 heavy (non-hydrogen) atoms. The summed E-state index contributed by atoms with van der Waals surface area (Å²) in [6, 6.07) is 3.18. The van der Waals surface area contributed by atoms with Crippen LogP contribution in [0.4, 0.5) is 61.5 Å². The molecule has 0 unspecified atom stereocenters. The predicted octanol–water partition coefficient (Wildman–Crippen LogP) is 11.5. The fraction of sp³-hybridized carbons (Fsp3) is 0.189. The van der Waals surface area contributed by atoms with Crippen LogP contribution in [-0.2, 0) is 18.3 Å². The molecule has 0 atom stereocenters. The lowest BCUT2D eigenvalue weighted by Gasteiger charge is -2.39. The first-order valence-electron chi connectivity index (χ1n) is 15.5. The van der Waals surface area contributed by atoms with Gasteiger partial charge < -0.3 is 13.9 Å². The summed E-state index contributed by atoms with van der Waals surface area (Å²) in [6.07, 6.45) is -10.8. The molecule has 0 aliphatic carbocycles. The van der Waals surface area contributed by atoms with E-state index in [9.17, 15) is 43.9 Å². The normalized spacial score (nSPS) is 12.2. The van der Waals surface area contributed by atoms with Crippen LogP contribution in [0, 0.1) is 53.5 Å². The summed E-state index contributed by atoms with van der Waals surface area (Å²) in [6.45, 7) is 7.47. The number of hydrogen-bond donors (Lipinski definition) is 0. The van der Waals surface area contributed by atoms with Crippen LogP contribution < -0.4 is 9.47 Å². The van der Waals surface area contributed by atoms with Crippen molar-refractivity contribution in [3.8, 4) is 40.2 Å². The van der Waals surface area contributed by atoms with Gasteiger partial charge >= 0.3 is 12.4 Å². The third-order valence-corrected chi connectivity index (χ3v) is 8.56. The van der Waals surface area contributed by atoms with Crippen LogP contribution in [0.25, 0.3) is 22.9 Å². The average molecular weight is 809 g/mol. The SMILES string of the molecule is C=CCc1cc(C(c2ccc(Oc3c(F)c(F)c(-c4nnc(-c5c(F)c(F)c(C)c(F)c5F)o4)c(F)c3F)c(CC=C)c2)(C(F)(F)F)C(F)(F)F)ccc1OC. The lowest BCUT2D eigenvalue weighted by molar-refractivity contribution is -0.288. The summed E-state index contributed by atoms with van der Waals surface area (Å²) >= 11 is 0. The Morgan fingerprint density at radius 3 is 1.39 bits per heavy atom. The first kappa shape index (κ1) is 41.3. The smallest absolute Gasteiger partial charge is 0.411 e. The number of nitrogens with zero attached hydrogens (tertiary/aromatic N) is 2. The molecule has 296 valence electrons. The zero-order chi connectivity index (χ0) is 41.7. The third kappa shape index (κ3) is 6.61. The number of benzene rings is 4. The number of rotatable bonds is 11. The highest BCUT2D eigenvalue weighted by molar-refractivity contribution is 5.63. The standard InChI is InChI=1S/C37H22F14N2O3/c1-5-7-16-13-18(9-11-20(16)54-4)35(36(46,47)48,37(49,50)51)19-10-12-21(17(14-19)8-6-2)55-32-30(44)28(42)23(29(43)31(32)45)34-53-52-33(56-34)22-26(40)24(38)15(3)25(39)27(22)41/h5-6,9-14H,1-2,7-8H2,3-4H3. The van der Waals surface area contributed by atoms with E-state index in [0.717, 1.165) is 19.3 Å². The monoisotopic (exact) mass is 808 g/mol. The van der Waals surface area contributed by atoms with E-state index < -0.39 is 127 Å². The van der Waals surface area contributed by atoms with Crippen LogP contribution in [-0.4, -0.2) is 29.7 Å². The van der Waals surface area contributed by atoms with E-state index in [-0.39, 0.29) is 23.8 Å². The molecule has 0 N–H and O–H groups in total. The van der Waals surface area contributed by atoms with Gasteiger partial charge in [-0.1, -0.05) is 36.4 Å². The van der Waals surface area contributed by atoms with Gasteiger partial charge in [0.15, 0.2) is 34.9 Å². The number of hydrogen-bond acceptors (Lipinski definition) is 5. The summed E-state index contributed by atoms with van der Waals surface area (Å²) in [4.78, 5) is 0. The second kappa shape index (κ2) is 15.0. The molecule has 5 aromatic rings. The van der Waals surface area contributed by atoms with Crippen molar-refractivity contribution >= 4 is 0 Å². The molecule has 1 heterocycles. The summed E-state index contributed by atoms with van der Waals surface area (Å²) in [5.41, 5.74) is -12.7. The van der Waals surface area contributed by atoms with Crippen molar-refractivity contribution in [2.45, 2.75) is 37.5 Å². The van der Waals surface area contributed by atoms with E-state index in [1.54, 1.807) is 0 Å². The van der Waals surface area contributed by atoms with E-state index in [1.807, 2.05) is 0 Å². The molecular formula is C37H22F14N2O3. The van der Waals surface area contributed by atoms with Crippen molar-refractivity contribution in [2.24, 2.45) is 0 Å². The molecule has 0 aliphatic rings. The Kier molecular flexibility index (Phi) is 11.0. The maximum absolute atomic E-state index is 15.4. The number of alkyl halides is 6. The highest BCUT2D eigenvalue weighted by Crippen LogP contribution is 2.57. The summed E-state index contributed by atoms with van der Waals surface area (Å²) in [5, 5.41) is 6.10. The van der Waals surface area contributed by atoms with Crippen LogP contribution >= 0.6 is 0 Å². The van der Waals surface area contributed by atoms with Gasteiger partial charge in [0.2, 0.25) is 22.8 Å². The van der Waals surface area contributed by atoms with E-state index >= 15 is 17.6 Å². The van der Waals surface area contributed by atoms with Crippen molar-refractivity contribution in [3.05, 3.63) is 136 Å². The molecule has 0 amide bonds. The number of aromatic nitrogens is 2. The topological polar surface area (TPSA) is 57.4 Å². The molecule has 1 aromatic heterocycles. The molecule has 0 radical (unpaired) electrons. The lowest BCUT2D eigenvalue weighted by Crippen LogP contribution is -2.54. The molecule has 0 aliphatic heterocycles. The predicted molar refractivity (Wildman–Crippen MR) is 170 cm³/mol. The van der Waals surface area contributed by atoms with Crippen LogP contribution in [0.3, 0.4) is 0 Å². The first-order chi connectivity index (χ1) is 26.2. The van der Waals surface area contributed by atoms with Crippen molar-refractivity contribution in [1.29, 1.82) is 0 Å². The highest BCUT2D eigenvalue weighted by Gasteiger charge is 2.72. The Bertz CT molecular complexity index is 2290. The van der Waals surface area contributed by atoms with Gasteiger partial charge in [0.05, 0.1) is 7.11 Å². The Morgan fingerprint density at radius 2 is 1.00 bits per heavy atom. The second-order valence-electron chi connectivity index (χ2n) is 11.8. The van der Waals surface area contributed by atoms with Gasteiger partial charge in [-0.05, 0) is 54.2 Å². The summed E-state index contributed by atoms with van der Waals surface area (Å²) in [7, 11) is 1.14. The molecular weight excluding hydrogens is 786 g/mol. The quantitative estimate of drug-likeness (QED) is 0.0756. The van der Waals surface area contributed by atoms with Gasteiger partial charge in [-0.3, -0.25) is 0 Å². The molecule has 5 nitrogen and oxygen atoms in total. The minimum atomic E-state index is -6.09. The van der Waals surface area contributed by atoms with Crippen molar-refractivity contribution in [2.75, 3.05) is 7.11 Å². The zero-order valence-corrected chi connectivity index (χ0v) is 28.4. The summed E-state index contributed by atoms with van der Waals surface area (Å²) < 4.78 is 223. The molecule has 0 fully saturated rings. The Balaban J connectivity index is 1.64. The van der Waals surface area contributed by atoms with Crippen LogP contribution in [0.5, 0.6) is 17.2 Å². The van der Waals surface area contributed by atoms with Gasteiger partial charge in [-0.2, -0.15) is 35.1 Å². The largest absolute Gasteiger partial charge is 0.496 e. The number of ether oxygens (including phenoxy) is 2. The van der Waals surface area contributed by atoms with Gasteiger partial charge in [0.1, 0.15) is 22.6 Å². The maximum atomic E-state index is 15.4. The maximum Gasteiger partial charge on any atom is 0.411 e. The number of halogens is 14. The Hall–Kier alpha value is -5.88. The van der Waals surface area contributed by atoms with E-state index in [2.05, 4.69) is 23.4 Å². The highest BCUT2D eigenvalue weighted by atomic mass is 19.4. The molecule has 19 heteroatoms. The van der Waals surface area contributed by atoms with E-state index in [4.69, 9.17) is 13.9 Å². The fourth-order valence-electron chi connectivity index (χ4n) is 5.89. The molecule has 0 bridgehead atoms. The minimum absolute atomic E-state index is 0.0445. The third-order valence-electron chi connectivity index (χ3n) is 8.56. The van der Waals surface area contributed by atoms with Gasteiger partial charge in [0.25, 0.3) is 11.8 Å². The molecule has 0 saturated heterocycles. The lowest BCUT2D eigenvalue weighted by atomic mass is 9.72. The Labute approximate surface area is 306 Å². The molecule has 0 saturated carbocycles. The average Bonchev–Trinajstić information content (AvgIpc) is 3.60. The molecule has 4 aromatic carbocycles. The van der Waals surface area contributed by atoms with E-state index in [0.29, 0.717) is 31.2 Å². The fourth-order valence-corrected chi connectivity index (χ4v) is 5.89. The van der Waals surface area contributed by atoms with Gasteiger partial charge in [-0.25, -0.2) is 26.3 Å². The van der Waals surface area contributed by atoms with E-state index in [1.165, 1.54) is 6.08 Å². The van der Waals surface area contributed by atoms with Crippen molar-refractivity contribution in [3.63, 3.8) is 0 Å². The number of allylic oxidation sites excluding steroid dienone is 2. The van der Waals surface area contributed by atoms with Gasteiger partial charge in [-0.15, -0.1) is 23.4 Å². The van der Waals surface area contributed by atoms with Crippen molar-refractivity contribution in [1.82, 2.24) is 10.2 Å². The van der Waals surface area contributed by atoms with Crippen LogP contribution in [0.15, 0.2) is 66.1 Å². The van der Waals surface area contributed by atoms with Crippen LogP contribution in [0.2, 0.25) is 0 Å². The minimum Gasteiger partial charge on any atom is -0.496 e.